The van der Waals surface area contributed by atoms with E-state index in [4.69, 9.17) is 9.47 Å². The van der Waals surface area contributed by atoms with Gasteiger partial charge in [-0.3, -0.25) is 4.79 Å². The molecular formula is C16H24N2O3S. The highest BCUT2D eigenvalue weighted by atomic mass is 32.2. The van der Waals surface area contributed by atoms with Crippen LogP contribution in [0.2, 0.25) is 0 Å². The number of thioether (sulfide) groups is 1. The first-order valence-electron chi connectivity index (χ1n) is 7.53. The third-order valence-corrected chi connectivity index (χ3v) is 4.87. The second-order valence-corrected chi connectivity index (χ2v) is 6.17. The number of hydrogen-bond acceptors (Lipinski definition) is 5. The Morgan fingerprint density at radius 2 is 1.82 bits per heavy atom. The maximum Gasteiger partial charge on any atom is 0.233 e. The smallest absolute Gasteiger partial charge is 0.233 e. The lowest BCUT2D eigenvalue weighted by atomic mass is 10.3. The molecule has 6 heteroatoms. The molecule has 0 atom stereocenters. The number of carbonyl (C=O) groups excluding carboxylic acids is 1. The van der Waals surface area contributed by atoms with Crippen LogP contribution in [0.15, 0.2) is 23.1 Å². The molecule has 1 saturated heterocycles. The van der Waals surface area contributed by atoms with Crippen LogP contribution in [0.3, 0.4) is 0 Å². The molecule has 0 N–H and O–H groups in total. The van der Waals surface area contributed by atoms with Crippen LogP contribution < -0.4 is 9.47 Å². The molecular weight excluding hydrogens is 300 g/mol. The fourth-order valence-corrected chi connectivity index (χ4v) is 3.28. The SMILES string of the molecule is CCN1CCN(C(=O)CSc2ccc(OC)c(OC)c2)CC1. The van der Waals surface area contributed by atoms with Crippen molar-refractivity contribution in [1.29, 1.82) is 0 Å². The van der Waals surface area contributed by atoms with Gasteiger partial charge in [0.05, 0.1) is 20.0 Å². The number of amides is 1. The molecule has 0 radical (unpaired) electrons. The van der Waals surface area contributed by atoms with Crippen LogP contribution >= 0.6 is 11.8 Å². The van der Waals surface area contributed by atoms with Crippen LogP contribution in [0.25, 0.3) is 0 Å². The summed E-state index contributed by atoms with van der Waals surface area (Å²) in [6.07, 6.45) is 0. The van der Waals surface area contributed by atoms with Crippen molar-refractivity contribution in [3.63, 3.8) is 0 Å². The van der Waals surface area contributed by atoms with Gasteiger partial charge in [0, 0.05) is 31.1 Å². The van der Waals surface area contributed by atoms with Gasteiger partial charge in [0.15, 0.2) is 11.5 Å². The Morgan fingerprint density at radius 1 is 1.14 bits per heavy atom. The van der Waals surface area contributed by atoms with E-state index in [0.29, 0.717) is 17.3 Å². The van der Waals surface area contributed by atoms with Gasteiger partial charge in [0.2, 0.25) is 5.91 Å². The van der Waals surface area contributed by atoms with E-state index in [1.165, 1.54) is 11.8 Å². The summed E-state index contributed by atoms with van der Waals surface area (Å²) in [6, 6.07) is 5.73. The summed E-state index contributed by atoms with van der Waals surface area (Å²) in [4.78, 5) is 17.6. The van der Waals surface area contributed by atoms with E-state index in [0.717, 1.165) is 37.6 Å². The minimum absolute atomic E-state index is 0.204. The van der Waals surface area contributed by atoms with Crippen LogP contribution in [0.1, 0.15) is 6.92 Å². The number of carbonyl (C=O) groups is 1. The van der Waals surface area contributed by atoms with E-state index >= 15 is 0 Å². The summed E-state index contributed by atoms with van der Waals surface area (Å²) in [5.74, 6) is 2.06. The predicted octanol–water partition coefficient (Wildman–Crippen LogP) is 1.96. The van der Waals surface area contributed by atoms with Crippen LogP contribution in [0.5, 0.6) is 11.5 Å². The van der Waals surface area contributed by atoms with Crippen LogP contribution in [0.4, 0.5) is 0 Å². The van der Waals surface area contributed by atoms with Gasteiger partial charge in [0.25, 0.3) is 0 Å². The van der Waals surface area contributed by atoms with Gasteiger partial charge in [-0.25, -0.2) is 0 Å². The van der Waals surface area contributed by atoms with Crippen LogP contribution in [0, 0.1) is 0 Å². The Morgan fingerprint density at radius 3 is 2.41 bits per heavy atom. The molecule has 2 rings (SSSR count). The number of hydrogen-bond donors (Lipinski definition) is 0. The number of piperazine rings is 1. The van der Waals surface area contributed by atoms with Crippen molar-refractivity contribution in [3.05, 3.63) is 18.2 Å². The van der Waals surface area contributed by atoms with Crippen molar-refractivity contribution in [2.45, 2.75) is 11.8 Å². The highest BCUT2D eigenvalue weighted by Gasteiger charge is 2.20. The minimum Gasteiger partial charge on any atom is -0.493 e. The zero-order valence-corrected chi connectivity index (χ0v) is 14.3. The highest BCUT2D eigenvalue weighted by molar-refractivity contribution is 8.00. The summed E-state index contributed by atoms with van der Waals surface area (Å²) in [6.45, 7) is 6.83. The van der Waals surface area contributed by atoms with Gasteiger partial charge in [-0.05, 0) is 24.7 Å². The van der Waals surface area contributed by atoms with E-state index in [1.807, 2.05) is 23.1 Å². The average molecular weight is 324 g/mol. The lowest BCUT2D eigenvalue weighted by Gasteiger charge is -2.34. The predicted molar refractivity (Wildman–Crippen MR) is 89.0 cm³/mol. The lowest BCUT2D eigenvalue weighted by molar-refractivity contribution is -0.130. The van der Waals surface area contributed by atoms with Crippen molar-refractivity contribution < 1.29 is 14.3 Å². The molecule has 5 nitrogen and oxygen atoms in total. The Kier molecular flexibility index (Phi) is 6.39. The molecule has 1 amide bonds. The highest BCUT2D eigenvalue weighted by Crippen LogP contribution is 2.31. The number of rotatable bonds is 6. The molecule has 0 bridgehead atoms. The number of methoxy groups -OCH3 is 2. The molecule has 1 heterocycles. The third-order valence-electron chi connectivity index (χ3n) is 3.89. The van der Waals surface area contributed by atoms with Gasteiger partial charge in [-0.2, -0.15) is 0 Å². The topological polar surface area (TPSA) is 42.0 Å². The average Bonchev–Trinajstić information content (AvgIpc) is 2.59. The van der Waals surface area contributed by atoms with Crippen molar-refractivity contribution >= 4 is 17.7 Å². The van der Waals surface area contributed by atoms with E-state index in [-0.39, 0.29) is 5.91 Å². The molecule has 122 valence electrons. The van der Waals surface area contributed by atoms with Crippen LogP contribution in [-0.2, 0) is 4.79 Å². The zero-order valence-electron chi connectivity index (χ0n) is 13.5. The summed E-state index contributed by atoms with van der Waals surface area (Å²) >= 11 is 1.54. The second-order valence-electron chi connectivity index (χ2n) is 5.12. The standard InChI is InChI=1S/C16H24N2O3S/c1-4-17-7-9-18(10-8-17)16(19)12-22-13-5-6-14(20-2)15(11-13)21-3/h5-6,11H,4,7-10,12H2,1-3H3. The first-order valence-corrected chi connectivity index (χ1v) is 8.51. The lowest BCUT2D eigenvalue weighted by Crippen LogP contribution is -2.49. The van der Waals surface area contributed by atoms with Crippen molar-refractivity contribution in [1.82, 2.24) is 9.80 Å². The van der Waals surface area contributed by atoms with Crippen molar-refractivity contribution in [2.75, 3.05) is 52.7 Å². The van der Waals surface area contributed by atoms with Crippen molar-refractivity contribution in [3.8, 4) is 11.5 Å². The largest absolute Gasteiger partial charge is 0.493 e. The number of ether oxygens (including phenoxy) is 2. The van der Waals surface area contributed by atoms with Crippen molar-refractivity contribution in [2.24, 2.45) is 0 Å². The Hall–Kier alpha value is -1.40. The van der Waals surface area contributed by atoms with E-state index in [1.54, 1.807) is 14.2 Å². The summed E-state index contributed by atoms with van der Waals surface area (Å²) in [7, 11) is 3.23. The van der Waals surface area contributed by atoms with Gasteiger partial charge >= 0.3 is 0 Å². The maximum atomic E-state index is 12.3. The number of likely N-dealkylation sites (N-methyl/N-ethyl adjacent to an activating group) is 1. The molecule has 1 aliphatic heterocycles. The summed E-state index contributed by atoms with van der Waals surface area (Å²) in [5.41, 5.74) is 0. The third kappa shape index (κ3) is 4.30. The molecule has 1 aromatic rings. The normalized spacial score (nSPS) is 15.7. The zero-order chi connectivity index (χ0) is 15.9. The van der Waals surface area contributed by atoms with Crippen LogP contribution in [-0.4, -0.2) is 68.4 Å². The van der Waals surface area contributed by atoms with Gasteiger partial charge < -0.3 is 19.3 Å². The molecule has 1 fully saturated rings. The van der Waals surface area contributed by atoms with E-state index < -0.39 is 0 Å². The Balaban J connectivity index is 1.86. The first-order chi connectivity index (χ1) is 10.7. The fourth-order valence-electron chi connectivity index (χ4n) is 2.46. The Labute approximate surface area is 136 Å². The maximum absolute atomic E-state index is 12.3. The molecule has 0 aromatic heterocycles. The summed E-state index contributed by atoms with van der Waals surface area (Å²) < 4.78 is 10.5. The second kappa shape index (κ2) is 8.29. The summed E-state index contributed by atoms with van der Waals surface area (Å²) in [5, 5.41) is 0. The van der Waals surface area contributed by atoms with E-state index in [2.05, 4.69) is 11.8 Å². The molecule has 0 unspecified atom stereocenters. The molecule has 0 spiro atoms. The minimum atomic E-state index is 0.204. The molecule has 0 saturated carbocycles. The number of benzene rings is 1. The molecule has 0 aliphatic carbocycles. The van der Waals surface area contributed by atoms with Gasteiger partial charge in [-0.1, -0.05) is 6.92 Å². The molecule has 1 aliphatic rings. The number of nitrogens with zero attached hydrogens (tertiary/aromatic N) is 2. The van der Waals surface area contributed by atoms with Gasteiger partial charge in [-0.15, -0.1) is 11.8 Å². The first kappa shape index (κ1) is 17.0. The molecule has 1 aromatic carbocycles. The monoisotopic (exact) mass is 324 g/mol. The Bertz CT molecular complexity index is 502. The van der Waals surface area contributed by atoms with Gasteiger partial charge in [0.1, 0.15) is 0 Å². The molecule has 22 heavy (non-hydrogen) atoms. The van der Waals surface area contributed by atoms with E-state index in [9.17, 15) is 4.79 Å². The fraction of sp³-hybridized carbons (Fsp3) is 0.562. The quantitative estimate of drug-likeness (QED) is 0.748.